The maximum Gasteiger partial charge on any atom is 0.255 e. The van der Waals surface area contributed by atoms with Crippen molar-refractivity contribution >= 4 is 5.91 Å². The van der Waals surface area contributed by atoms with Crippen molar-refractivity contribution in [3.63, 3.8) is 0 Å². The van der Waals surface area contributed by atoms with Crippen molar-refractivity contribution < 1.29 is 9.53 Å². The zero-order valence-electron chi connectivity index (χ0n) is 11.3. The summed E-state index contributed by atoms with van der Waals surface area (Å²) in [5, 5.41) is 9.61. The zero-order valence-corrected chi connectivity index (χ0v) is 11.3. The van der Waals surface area contributed by atoms with Gasteiger partial charge in [-0.15, -0.1) is 0 Å². The number of hydrogen-bond donors (Lipinski definition) is 2. The van der Waals surface area contributed by atoms with E-state index in [1.807, 2.05) is 13.0 Å². The maximum atomic E-state index is 12.2. The molecule has 2 N–H and O–H groups in total. The van der Waals surface area contributed by atoms with Gasteiger partial charge in [-0.05, 0) is 19.1 Å². The number of aromatic amines is 1. The molecule has 20 heavy (non-hydrogen) atoms. The molecule has 0 spiro atoms. The topological polar surface area (TPSA) is 67.0 Å². The molecule has 1 amide bonds. The summed E-state index contributed by atoms with van der Waals surface area (Å²) in [5.74, 6) is 0.374. The molecule has 5 heteroatoms. The van der Waals surface area contributed by atoms with Crippen molar-refractivity contribution in [2.45, 2.75) is 13.5 Å². The fraction of sp³-hybridized carbons (Fsp3) is 0.200. The molecule has 0 unspecified atom stereocenters. The highest BCUT2D eigenvalue weighted by Crippen LogP contribution is 2.18. The van der Waals surface area contributed by atoms with Crippen LogP contribution in [0, 0.1) is 6.92 Å². The van der Waals surface area contributed by atoms with Crippen LogP contribution in [0.25, 0.3) is 0 Å². The molecule has 0 radical (unpaired) electrons. The number of carbonyl (C=O) groups excluding carboxylic acids is 1. The molecule has 0 aliphatic heterocycles. The lowest BCUT2D eigenvalue weighted by Gasteiger charge is -2.10. The molecule has 2 aromatic rings. The molecular formula is C15H17N3O2. The van der Waals surface area contributed by atoms with Gasteiger partial charge in [0.05, 0.1) is 11.8 Å². The monoisotopic (exact) mass is 271 g/mol. The molecule has 0 fully saturated rings. The smallest absolute Gasteiger partial charge is 0.255 e. The van der Waals surface area contributed by atoms with Crippen LogP contribution in [0.3, 0.4) is 0 Å². The van der Waals surface area contributed by atoms with E-state index in [-0.39, 0.29) is 5.91 Å². The molecule has 1 aromatic heterocycles. The second-order valence-corrected chi connectivity index (χ2v) is 4.30. The van der Waals surface area contributed by atoms with Crippen LogP contribution in [0.4, 0.5) is 0 Å². The summed E-state index contributed by atoms with van der Waals surface area (Å²) in [6.07, 6.45) is 3.35. The first-order valence-electron chi connectivity index (χ1n) is 6.32. The fourth-order valence-corrected chi connectivity index (χ4v) is 1.75. The Bertz CT molecular complexity index is 605. The first-order valence-corrected chi connectivity index (χ1v) is 6.32. The molecule has 1 heterocycles. The number of benzene rings is 1. The Labute approximate surface area is 117 Å². The van der Waals surface area contributed by atoms with E-state index in [2.05, 4.69) is 22.1 Å². The van der Waals surface area contributed by atoms with Gasteiger partial charge in [-0.2, -0.15) is 5.10 Å². The number of rotatable bonds is 6. The molecule has 104 valence electrons. The molecule has 5 nitrogen and oxygen atoms in total. The molecule has 0 atom stereocenters. The number of H-pyrrole nitrogens is 1. The third-order valence-electron chi connectivity index (χ3n) is 2.86. The van der Waals surface area contributed by atoms with Crippen LogP contribution in [0.15, 0.2) is 43.1 Å². The highest BCUT2D eigenvalue weighted by molar-refractivity contribution is 5.96. The van der Waals surface area contributed by atoms with Crippen LogP contribution in [0.2, 0.25) is 0 Å². The zero-order chi connectivity index (χ0) is 14.4. The van der Waals surface area contributed by atoms with Gasteiger partial charge in [-0.1, -0.05) is 24.8 Å². The van der Waals surface area contributed by atoms with E-state index in [1.165, 1.54) is 0 Å². The number of nitrogens with zero attached hydrogens (tertiary/aromatic N) is 1. The van der Waals surface area contributed by atoms with Gasteiger partial charge in [0.15, 0.2) is 0 Å². The predicted molar refractivity (Wildman–Crippen MR) is 76.6 cm³/mol. The predicted octanol–water partition coefficient (Wildman–Crippen LogP) is 2.21. The Morgan fingerprint density at radius 1 is 1.50 bits per heavy atom. The summed E-state index contributed by atoms with van der Waals surface area (Å²) in [4.78, 5) is 12.2. The molecule has 1 aromatic carbocycles. The lowest BCUT2D eigenvalue weighted by Crippen LogP contribution is -2.23. The highest BCUT2D eigenvalue weighted by atomic mass is 16.5. The van der Waals surface area contributed by atoms with Crippen molar-refractivity contribution in [2.24, 2.45) is 0 Å². The first kappa shape index (κ1) is 13.9. The van der Waals surface area contributed by atoms with Gasteiger partial charge >= 0.3 is 0 Å². The average Bonchev–Trinajstić information content (AvgIpc) is 2.88. The summed E-state index contributed by atoms with van der Waals surface area (Å²) < 4.78 is 5.47. The van der Waals surface area contributed by atoms with Crippen molar-refractivity contribution in [1.29, 1.82) is 0 Å². The normalized spacial score (nSPS) is 10.1. The second-order valence-electron chi connectivity index (χ2n) is 4.30. The summed E-state index contributed by atoms with van der Waals surface area (Å²) in [5.41, 5.74) is 2.42. The Balaban J connectivity index is 2.05. The Kier molecular flexibility index (Phi) is 4.55. The van der Waals surface area contributed by atoms with Crippen LogP contribution in [-0.2, 0) is 6.54 Å². The van der Waals surface area contributed by atoms with Gasteiger partial charge < -0.3 is 10.1 Å². The Morgan fingerprint density at radius 2 is 2.30 bits per heavy atom. The molecule has 0 bridgehead atoms. The van der Waals surface area contributed by atoms with Crippen LogP contribution < -0.4 is 10.1 Å². The van der Waals surface area contributed by atoms with E-state index >= 15 is 0 Å². The van der Waals surface area contributed by atoms with Gasteiger partial charge in [-0.25, -0.2) is 0 Å². The van der Waals surface area contributed by atoms with E-state index < -0.39 is 0 Å². The van der Waals surface area contributed by atoms with E-state index in [0.29, 0.717) is 24.5 Å². The standard InChI is InChI=1S/C15H17N3O2/c1-3-8-20-14-7-5-4-6-13(14)15(19)16-9-12-10-17-18-11(12)2/h3-7,10H,1,8-9H2,2H3,(H,16,19)(H,17,18). The number of ether oxygens (including phenoxy) is 1. The van der Waals surface area contributed by atoms with Crippen LogP contribution in [-0.4, -0.2) is 22.7 Å². The number of para-hydroxylation sites is 1. The van der Waals surface area contributed by atoms with E-state index in [4.69, 9.17) is 4.74 Å². The molecule has 0 aliphatic rings. The number of hydrogen-bond acceptors (Lipinski definition) is 3. The quantitative estimate of drug-likeness (QED) is 0.792. The Morgan fingerprint density at radius 3 is 3.00 bits per heavy atom. The van der Waals surface area contributed by atoms with Crippen molar-refractivity contribution in [2.75, 3.05) is 6.61 Å². The minimum absolute atomic E-state index is 0.176. The minimum atomic E-state index is -0.176. The van der Waals surface area contributed by atoms with Gasteiger partial charge in [0.2, 0.25) is 0 Å². The van der Waals surface area contributed by atoms with Crippen molar-refractivity contribution in [3.8, 4) is 5.75 Å². The molecule has 0 aliphatic carbocycles. The number of amides is 1. The molecule has 2 rings (SSSR count). The number of carbonyl (C=O) groups is 1. The number of nitrogens with one attached hydrogen (secondary N) is 2. The van der Waals surface area contributed by atoms with Gasteiger partial charge in [0.1, 0.15) is 12.4 Å². The van der Waals surface area contributed by atoms with Crippen molar-refractivity contribution in [1.82, 2.24) is 15.5 Å². The molecule has 0 saturated heterocycles. The van der Waals surface area contributed by atoms with Crippen molar-refractivity contribution in [3.05, 3.63) is 59.9 Å². The Hall–Kier alpha value is -2.56. The van der Waals surface area contributed by atoms with Gasteiger partial charge in [-0.3, -0.25) is 9.89 Å². The van der Waals surface area contributed by atoms with E-state index in [9.17, 15) is 4.79 Å². The lowest BCUT2D eigenvalue weighted by atomic mass is 10.2. The first-order chi connectivity index (χ1) is 9.72. The van der Waals surface area contributed by atoms with Crippen LogP contribution in [0.1, 0.15) is 21.6 Å². The minimum Gasteiger partial charge on any atom is -0.489 e. The fourth-order valence-electron chi connectivity index (χ4n) is 1.75. The number of aryl methyl sites for hydroxylation is 1. The number of aromatic nitrogens is 2. The summed E-state index contributed by atoms with van der Waals surface area (Å²) >= 11 is 0. The van der Waals surface area contributed by atoms with Crippen LogP contribution in [0.5, 0.6) is 5.75 Å². The molecular weight excluding hydrogens is 254 g/mol. The van der Waals surface area contributed by atoms with Gasteiger partial charge in [0, 0.05) is 17.8 Å². The largest absolute Gasteiger partial charge is 0.489 e. The maximum absolute atomic E-state index is 12.2. The van der Waals surface area contributed by atoms with E-state index in [0.717, 1.165) is 11.3 Å². The average molecular weight is 271 g/mol. The summed E-state index contributed by atoms with van der Waals surface area (Å²) in [6.45, 7) is 6.30. The van der Waals surface area contributed by atoms with Crippen LogP contribution >= 0.6 is 0 Å². The van der Waals surface area contributed by atoms with Gasteiger partial charge in [0.25, 0.3) is 5.91 Å². The van der Waals surface area contributed by atoms with E-state index in [1.54, 1.807) is 30.5 Å². The lowest BCUT2D eigenvalue weighted by molar-refractivity contribution is 0.0947. The third kappa shape index (κ3) is 3.26. The second kappa shape index (κ2) is 6.56. The third-order valence-corrected chi connectivity index (χ3v) is 2.86. The molecule has 0 saturated carbocycles. The SMILES string of the molecule is C=CCOc1ccccc1C(=O)NCc1cn[nH]c1C. The summed E-state index contributed by atoms with van der Waals surface area (Å²) in [7, 11) is 0. The highest BCUT2D eigenvalue weighted by Gasteiger charge is 2.12. The summed E-state index contributed by atoms with van der Waals surface area (Å²) in [6, 6.07) is 7.13.